The standard InChI is InChI=1S/C9H9ClO/c1-7(10)9(11)8-5-3-2-4-6-8/h2-6,9,11H,1H2. The highest BCUT2D eigenvalue weighted by molar-refractivity contribution is 6.29. The number of halogens is 1. The van der Waals surface area contributed by atoms with Gasteiger partial charge in [0.15, 0.2) is 0 Å². The lowest BCUT2D eigenvalue weighted by Gasteiger charge is -2.07. The average molecular weight is 169 g/mol. The van der Waals surface area contributed by atoms with E-state index in [9.17, 15) is 5.11 Å². The maximum absolute atomic E-state index is 9.37. The first-order chi connectivity index (χ1) is 5.22. The van der Waals surface area contributed by atoms with Gasteiger partial charge >= 0.3 is 0 Å². The topological polar surface area (TPSA) is 20.2 Å². The maximum Gasteiger partial charge on any atom is 0.114 e. The van der Waals surface area contributed by atoms with Crippen molar-refractivity contribution in [3.05, 3.63) is 47.5 Å². The molecule has 58 valence electrons. The molecule has 1 rings (SSSR count). The number of rotatable bonds is 2. The van der Waals surface area contributed by atoms with Crippen molar-refractivity contribution in [2.45, 2.75) is 6.10 Å². The lowest BCUT2D eigenvalue weighted by atomic mass is 10.1. The Morgan fingerprint density at radius 1 is 1.36 bits per heavy atom. The van der Waals surface area contributed by atoms with Crippen LogP contribution in [0.25, 0.3) is 0 Å². The van der Waals surface area contributed by atoms with Crippen LogP contribution in [-0.2, 0) is 0 Å². The van der Waals surface area contributed by atoms with Gasteiger partial charge in [0.25, 0.3) is 0 Å². The van der Waals surface area contributed by atoms with E-state index in [1.165, 1.54) is 0 Å². The minimum absolute atomic E-state index is 0.246. The van der Waals surface area contributed by atoms with Gasteiger partial charge in [0.05, 0.1) is 0 Å². The molecule has 0 spiro atoms. The molecule has 11 heavy (non-hydrogen) atoms. The summed E-state index contributed by atoms with van der Waals surface area (Å²) in [5.74, 6) is 0. The van der Waals surface area contributed by atoms with Gasteiger partial charge in [-0.15, -0.1) is 0 Å². The molecule has 0 radical (unpaired) electrons. The quantitative estimate of drug-likeness (QED) is 0.720. The number of benzene rings is 1. The first kappa shape index (κ1) is 8.31. The van der Waals surface area contributed by atoms with Crippen LogP contribution in [0.2, 0.25) is 0 Å². The van der Waals surface area contributed by atoms with Crippen LogP contribution >= 0.6 is 11.6 Å². The second-order valence-corrected chi connectivity index (χ2v) is 2.75. The van der Waals surface area contributed by atoms with Gasteiger partial charge < -0.3 is 5.11 Å². The van der Waals surface area contributed by atoms with Crippen molar-refractivity contribution in [2.75, 3.05) is 0 Å². The molecule has 1 aromatic carbocycles. The fourth-order valence-electron chi connectivity index (χ4n) is 0.816. The van der Waals surface area contributed by atoms with Gasteiger partial charge in [-0.3, -0.25) is 0 Å². The summed E-state index contributed by atoms with van der Waals surface area (Å²) in [6.07, 6.45) is -0.752. The van der Waals surface area contributed by atoms with Gasteiger partial charge in [-0.2, -0.15) is 0 Å². The van der Waals surface area contributed by atoms with Crippen LogP contribution in [0.3, 0.4) is 0 Å². The minimum Gasteiger partial charge on any atom is -0.383 e. The van der Waals surface area contributed by atoms with Gasteiger partial charge in [-0.1, -0.05) is 48.5 Å². The predicted octanol–water partition coefficient (Wildman–Crippen LogP) is 2.47. The lowest BCUT2D eigenvalue weighted by Crippen LogP contribution is -1.94. The second kappa shape index (κ2) is 3.56. The summed E-state index contributed by atoms with van der Waals surface area (Å²) in [5, 5.41) is 9.61. The summed E-state index contributed by atoms with van der Waals surface area (Å²) in [7, 11) is 0. The molecular formula is C9H9ClO. The van der Waals surface area contributed by atoms with Crippen molar-refractivity contribution < 1.29 is 5.11 Å². The van der Waals surface area contributed by atoms with E-state index < -0.39 is 6.10 Å². The fraction of sp³-hybridized carbons (Fsp3) is 0.111. The zero-order chi connectivity index (χ0) is 8.27. The molecule has 0 heterocycles. The van der Waals surface area contributed by atoms with Crippen molar-refractivity contribution in [1.82, 2.24) is 0 Å². The summed E-state index contributed by atoms with van der Waals surface area (Å²) in [6, 6.07) is 9.18. The molecule has 0 saturated carbocycles. The van der Waals surface area contributed by atoms with Crippen molar-refractivity contribution in [3.8, 4) is 0 Å². The van der Waals surface area contributed by atoms with Crippen LogP contribution in [0.1, 0.15) is 11.7 Å². The van der Waals surface area contributed by atoms with Crippen molar-refractivity contribution in [1.29, 1.82) is 0 Å². The minimum atomic E-state index is -0.752. The van der Waals surface area contributed by atoms with E-state index >= 15 is 0 Å². The summed E-state index contributed by atoms with van der Waals surface area (Å²) in [4.78, 5) is 0. The molecule has 0 amide bonds. The molecule has 1 unspecified atom stereocenters. The van der Waals surface area contributed by atoms with Crippen LogP contribution in [0, 0.1) is 0 Å². The Hall–Kier alpha value is -0.790. The van der Waals surface area contributed by atoms with Crippen molar-refractivity contribution in [2.24, 2.45) is 0 Å². The molecule has 1 aromatic rings. The highest BCUT2D eigenvalue weighted by Crippen LogP contribution is 2.21. The third-order valence-electron chi connectivity index (χ3n) is 1.41. The van der Waals surface area contributed by atoms with Crippen LogP contribution in [0.4, 0.5) is 0 Å². The molecule has 1 N–H and O–H groups in total. The molecule has 0 aromatic heterocycles. The predicted molar refractivity (Wildman–Crippen MR) is 46.4 cm³/mol. The van der Waals surface area contributed by atoms with Gasteiger partial charge in [0.1, 0.15) is 6.10 Å². The van der Waals surface area contributed by atoms with Crippen LogP contribution in [0.5, 0.6) is 0 Å². The Labute approximate surface area is 70.9 Å². The van der Waals surface area contributed by atoms with E-state index in [0.717, 1.165) is 5.56 Å². The number of aliphatic hydroxyl groups excluding tert-OH is 1. The Morgan fingerprint density at radius 2 is 1.91 bits per heavy atom. The first-order valence-electron chi connectivity index (χ1n) is 3.29. The van der Waals surface area contributed by atoms with Crippen LogP contribution in [-0.4, -0.2) is 5.11 Å². The fourth-order valence-corrected chi connectivity index (χ4v) is 0.942. The van der Waals surface area contributed by atoms with Gasteiger partial charge in [0, 0.05) is 5.03 Å². The van der Waals surface area contributed by atoms with Gasteiger partial charge in [-0.05, 0) is 5.56 Å². The highest BCUT2D eigenvalue weighted by Gasteiger charge is 2.07. The third-order valence-corrected chi connectivity index (χ3v) is 1.62. The van der Waals surface area contributed by atoms with E-state index in [1.54, 1.807) is 12.1 Å². The monoisotopic (exact) mass is 168 g/mol. The average Bonchev–Trinajstić information content (AvgIpc) is 2.05. The van der Waals surface area contributed by atoms with E-state index in [2.05, 4.69) is 6.58 Å². The Morgan fingerprint density at radius 3 is 2.36 bits per heavy atom. The smallest absolute Gasteiger partial charge is 0.114 e. The van der Waals surface area contributed by atoms with Gasteiger partial charge in [0.2, 0.25) is 0 Å². The van der Waals surface area contributed by atoms with Crippen LogP contribution < -0.4 is 0 Å². The Kier molecular flexibility index (Phi) is 2.69. The summed E-state index contributed by atoms with van der Waals surface area (Å²) < 4.78 is 0. The number of hydrogen-bond acceptors (Lipinski definition) is 1. The van der Waals surface area contributed by atoms with Crippen LogP contribution in [0.15, 0.2) is 41.9 Å². The summed E-state index contributed by atoms with van der Waals surface area (Å²) >= 11 is 5.52. The SMILES string of the molecule is C=C(Cl)C(O)c1ccccc1. The molecule has 1 atom stereocenters. The second-order valence-electron chi connectivity index (χ2n) is 2.26. The Bertz CT molecular complexity index is 243. The molecule has 1 nitrogen and oxygen atoms in total. The molecular weight excluding hydrogens is 160 g/mol. The van der Waals surface area contributed by atoms with Gasteiger partial charge in [-0.25, -0.2) is 0 Å². The third kappa shape index (κ3) is 2.07. The molecule has 2 heteroatoms. The van der Waals surface area contributed by atoms with E-state index in [1.807, 2.05) is 18.2 Å². The van der Waals surface area contributed by atoms with Crippen molar-refractivity contribution in [3.63, 3.8) is 0 Å². The largest absolute Gasteiger partial charge is 0.383 e. The molecule has 0 saturated heterocycles. The zero-order valence-electron chi connectivity index (χ0n) is 6.00. The zero-order valence-corrected chi connectivity index (χ0v) is 6.75. The van der Waals surface area contributed by atoms with E-state index in [0.29, 0.717) is 0 Å². The summed E-state index contributed by atoms with van der Waals surface area (Å²) in [5.41, 5.74) is 0.771. The molecule has 0 fully saturated rings. The normalized spacial score (nSPS) is 12.5. The Balaban J connectivity index is 2.85. The number of aliphatic hydroxyl groups is 1. The molecule has 0 aliphatic carbocycles. The molecule has 0 bridgehead atoms. The van der Waals surface area contributed by atoms with E-state index in [-0.39, 0.29) is 5.03 Å². The van der Waals surface area contributed by atoms with E-state index in [4.69, 9.17) is 11.6 Å². The first-order valence-corrected chi connectivity index (χ1v) is 3.67. The summed E-state index contributed by atoms with van der Waals surface area (Å²) in [6.45, 7) is 3.45. The lowest BCUT2D eigenvalue weighted by molar-refractivity contribution is 0.224. The molecule has 0 aliphatic rings. The molecule has 0 aliphatic heterocycles. The van der Waals surface area contributed by atoms with Crippen molar-refractivity contribution >= 4 is 11.6 Å². The highest BCUT2D eigenvalue weighted by atomic mass is 35.5. The maximum atomic E-state index is 9.37. The number of hydrogen-bond donors (Lipinski definition) is 1.